The van der Waals surface area contributed by atoms with Crippen molar-refractivity contribution in [3.63, 3.8) is 0 Å². The highest BCUT2D eigenvalue weighted by Crippen LogP contribution is 2.34. The summed E-state index contributed by atoms with van der Waals surface area (Å²) in [5.74, 6) is 0.788. The van der Waals surface area contributed by atoms with Crippen molar-refractivity contribution in [2.45, 2.75) is 37.4 Å². The van der Waals surface area contributed by atoms with Crippen molar-refractivity contribution in [3.8, 4) is 0 Å². The van der Waals surface area contributed by atoms with Crippen molar-refractivity contribution in [1.29, 1.82) is 0 Å². The molecule has 0 aliphatic heterocycles. The van der Waals surface area contributed by atoms with E-state index in [2.05, 4.69) is 12.1 Å². The van der Waals surface area contributed by atoms with E-state index in [-0.39, 0.29) is 17.3 Å². The fraction of sp³-hybridized carbons (Fsp3) is 0.571. The summed E-state index contributed by atoms with van der Waals surface area (Å²) in [6, 6.07) is 10.2. The molecule has 0 heterocycles. The first kappa shape index (κ1) is 14.6. The van der Waals surface area contributed by atoms with Crippen LogP contribution in [0.25, 0.3) is 0 Å². The van der Waals surface area contributed by atoms with Crippen molar-refractivity contribution in [2.24, 2.45) is 5.92 Å². The van der Waals surface area contributed by atoms with Crippen molar-refractivity contribution in [2.75, 3.05) is 6.61 Å². The minimum atomic E-state index is -0.499. The molecule has 1 aromatic rings. The molecule has 96 valence electrons. The Labute approximate surface area is 108 Å². The average molecular weight is 254 g/mol. The third-order valence-electron chi connectivity index (χ3n) is 2.99. The Balaban J connectivity index is 2.55. The maximum Gasteiger partial charge on any atom is 0.0728 e. The molecule has 0 bridgehead atoms. The van der Waals surface area contributed by atoms with Crippen molar-refractivity contribution in [1.82, 2.24) is 0 Å². The quantitative estimate of drug-likeness (QED) is 0.820. The van der Waals surface area contributed by atoms with Crippen LogP contribution in [0.5, 0.6) is 0 Å². The summed E-state index contributed by atoms with van der Waals surface area (Å²) in [5, 5.41) is 19.2. The first-order chi connectivity index (χ1) is 7.97. The third kappa shape index (κ3) is 4.34. The fourth-order valence-corrected chi connectivity index (χ4v) is 2.85. The van der Waals surface area contributed by atoms with Crippen LogP contribution in [0.15, 0.2) is 30.3 Å². The van der Waals surface area contributed by atoms with Gasteiger partial charge in [0.05, 0.1) is 6.10 Å². The fourth-order valence-electron chi connectivity index (χ4n) is 1.71. The second kappa shape index (κ2) is 6.43. The van der Waals surface area contributed by atoms with Gasteiger partial charge in [0, 0.05) is 23.0 Å². The lowest BCUT2D eigenvalue weighted by molar-refractivity contribution is 0.0550. The van der Waals surface area contributed by atoms with Crippen molar-refractivity contribution >= 4 is 11.8 Å². The van der Waals surface area contributed by atoms with E-state index in [1.54, 1.807) is 11.8 Å². The van der Waals surface area contributed by atoms with Gasteiger partial charge < -0.3 is 10.2 Å². The second-order valence-electron chi connectivity index (χ2n) is 4.98. The van der Waals surface area contributed by atoms with Crippen LogP contribution in [-0.2, 0) is 5.75 Å². The summed E-state index contributed by atoms with van der Waals surface area (Å²) in [5.41, 5.74) is 1.26. The molecule has 0 saturated heterocycles. The molecule has 0 radical (unpaired) electrons. The van der Waals surface area contributed by atoms with E-state index < -0.39 is 6.10 Å². The molecule has 3 heteroatoms. The normalized spacial score (nSPS) is 15.6. The molecule has 2 nitrogen and oxygen atoms in total. The Bertz CT molecular complexity index is 324. The molecule has 2 N–H and O–H groups in total. The average Bonchev–Trinajstić information content (AvgIpc) is 2.36. The van der Waals surface area contributed by atoms with Crippen LogP contribution < -0.4 is 0 Å². The molecule has 0 aliphatic carbocycles. The van der Waals surface area contributed by atoms with Gasteiger partial charge in [-0.2, -0.15) is 0 Å². The Kier molecular flexibility index (Phi) is 5.50. The van der Waals surface area contributed by atoms with Crippen molar-refractivity contribution < 1.29 is 10.2 Å². The molecular weight excluding hydrogens is 232 g/mol. The van der Waals surface area contributed by atoms with E-state index >= 15 is 0 Å². The predicted octanol–water partition coefficient (Wildman–Crippen LogP) is 2.69. The number of hydrogen-bond acceptors (Lipinski definition) is 3. The van der Waals surface area contributed by atoms with Gasteiger partial charge in [0.25, 0.3) is 0 Å². The summed E-state index contributed by atoms with van der Waals surface area (Å²) in [6.45, 7) is 5.95. The number of aliphatic hydroxyl groups excluding tert-OH is 2. The van der Waals surface area contributed by atoms with Gasteiger partial charge in [-0.1, -0.05) is 37.3 Å². The molecule has 0 unspecified atom stereocenters. The van der Waals surface area contributed by atoms with Crippen LogP contribution in [0.1, 0.15) is 26.3 Å². The molecule has 2 atom stereocenters. The molecule has 0 spiro atoms. The third-order valence-corrected chi connectivity index (χ3v) is 4.46. The molecule has 0 saturated carbocycles. The number of benzene rings is 1. The van der Waals surface area contributed by atoms with E-state index in [1.165, 1.54) is 5.56 Å². The maximum absolute atomic E-state index is 10.1. The van der Waals surface area contributed by atoms with Gasteiger partial charge in [0.15, 0.2) is 0 Å². The van der Waals surface area contributed by atoms with Crippen LogP contribution in [0.3, 0.4) is 0 Å². The van der Waals surface area contributed by atoms with Gasteiger partial charge in [0.2, 0.25) is 0 Å². The van der Waals surface area contributed by atoms with Crippen LogP contribution in [0, 0.1) is 5.92 Å². The monoisotopic (exact) mass is 254 g/mol. The highest BCUT2D eigenvalue weighted by molar-refractivity contribution is 7.99. The Morgan fingerprint density at radius 2 is 1.82 bits per heavy atom. The molecule has 0 aliphatic rings. The topological polar surface area (TPSA) is 40.5 Å². The van der Waals surface area contributed by atoms with Gasteiger partial charge >= 0.3 is 0 Å². The van der Waals surface area contributed by atoms with Gasteiger partial charge in [-0.25, -0.2) is 0 Å². The lowest BCUT2D eigenvalue weighted by Crippen LogP contribution is -2.39. The lowest BCUT2D eigenvalue weighted by atomic mass is 9.95. The Morgan fingerprint density at radius 3 is 2.35 bits per heavy atom. The summed E-state index contributed by atoms with van der Waals surface area (Å²) in [6.07, 6.45) is -0.499. The van der Waals surface area contributed by atoms with E-state index in [0.29, 0.717) is 0 Å². The van der Waals surface area contributed by atoms with Crippen LogP contribution >= 0.6 is 11.8 Å². The standard InChI is InChI=1S/C14H22O2S/c1-11(9-15)13(16)14(2,3)17-10-12-7-5-4-6-8-12/h4-8,11,13,15-16H,9-10H2,1-3H3/t11-,13+/m0/s1. The van der Waals surface area contributed by atoms with E-state index in [9.17, 15) is 5.11 Å². The summed E-state index contributed by atoms with van der Waals surface area (Å²) in [4.78, 5) is 0. The summed E-state index contributed by atoms with van der Waals surface area (Å²) < 4.78 is -0.252. The highest BCUT2D eigenvalue weighted by atomic mass is 32.2. The zero-order valence-electron chi connectivity index (χ0n) is 10.8. The Hall–Kier alpha value is -0.510. The van der Waals surface area contributed by atoms with Crippen LogP contribution in [0.4, 0.5) is 0 Å². The Morgan fingerprint density at radius 1 is 1.24 bits per heavy atom. The predicted molar refractivity (Wildman–Crippen MR) is 74.1 cm³/mol. The zero-order valence-corrected chi connectivity index (χ0v) is 11.6. The smallest absolute Gasteiger partial charge is 0.0728 e. The molecule has 0 amide bonds. The van der Waals surface area contributed by atoms with Crippen LogP contribution in [-0.4, -0.2) is 27.7 Å². The largest absolute Gasteiger partial charge is 0.396 e. The minimum Gasteiger partial charge on any atom is -0.396 e. The van der Waals surface area contributed by atoms with Crippen LogP contribution in [0.2, 0.25) is 0 Å². The van der Waals surface area contributed by atoms with E-state index in [4.69, 9.17) is 5.11 Å². The number of rotatable bonds is 6. The highest BCUT2D eigenvalue weighted by Gasteiger charge is 2.32. The molecule has 1 aromatic carbocycles. The maximum atomic E-state index is 10.1. The van der Waals surface area contributed by atoms with Gasteiger partial charge in [-0.15, -0.1) is 11.8 Å². The molecular formula is C14H22O2S. The number of hydrogen-bond donors (Lipinski definition) is 2. The molecule has 0 aromatic heterocycles. The first-order valence-electron chi connectivity index (χ1n) is 5.94. The van der Waals surface area contributed by atoms with Crippen molar-refractivity contribution in [3.05, 3.63) is 35.9 Å². The van der Waals surface area contributed by atoms with E-state index in [1.807, 2.05) is 39.0 Å². The van der Waals surface area contributed by atoms with E-state index in [0.717, 1.165) is 5.75 Å². The minimum absolute atomic E-state index is 0.0243. The molecule has 17 heavy (non-hydrogen) atoms. The molecule has 0 fully saturated rings. The second-order valence-corrected chi connectivity index (χ2v) is 6.61. The summed E-state index contributed by atoms with van der Waals surface area (Å²) in [7, 11) is 0. The van der Waals surface area contributed by atoms with Gasteiger partial charge in [0.1, 0.15) is 0 Å². The number of thioether (sulfide) groups is 1. The molecule has 1 rings (SSSR count). The lowest BCUT2D eigenvalue weighted by Gasteiger charge is -2.33. The number of aliphatic hydroxyl groups is 2. The van der Waals surface area contributed by atoms with Gasteiger partial charge in [-0.3, -0.25) is 0 Å². The first-order valence-corrected chi connectivity index (χ1v) is 6.92. The SMILES string of the molecule is C[C@@H](CO)[C@@H](O)C(C)(C)SCc1ccccc1. The zero-order chi connectivity index (χ0) is 12.9. The van der Waals surface area contributed by atoms with Gasteiger partial charge in [-0.05, 0) is 19.4 Å². The summed E-state index contributed by atoms with van der Waals surface area (Å²) >= 11 is 1.72.